The molecule has 3 rings (SSSR count). The topological polar surface area (TPSA) is 26.0 Å². The molecule has 0 saturated heterocycles. The lowest BCUT2D eigenvalue weighted by atomic mass is 10.1. The third-order valence-electron chi connectivity index (χ3n) is 3.00. The molecule has 2 aromatic carbocycles. The maximum Gasteiger partial charge on any atom is 0.227 e. The van der Waals surface area contributed by atoms with Gasteiger partial charge in [0.1, 0.15) is 5.52 Å². The van der Waals surface area contributed by atoms with Crippen molar-refractivity contribution in [2.75, 3.05) is 0 Å². The Morgan fingerprint density at radius 2 is 1.89 bits per heavy atom. The SMILES string of the molecule is Cc1cc(Cl)cc2nc(-c3ccc(CCl)cc3)oc12. The number of halogens is 2. The number of aromatic nitrogens is 1. The molecule has 0 aliphatic heterocycles. The third kappa shape index (κ3) is 2.34. The standard InChI is InChI=1S/C15H11Cl2NO/c1-9-6-12(17)7-13-14(9)19-15(18-13)11-4-2-10(8-16)3-5-11/h2-7H,8H2,1H3. The molecule has 0 unspecified atom stereocenters. The van der Waals surface area contributed by atoms with E-state index in [1.54, 1.807) is 0 Å². The first-order valence-electron chi connectivity index (χ1n) is 5.89. The minimum Gasteiger partial charge on any atom is -0.436 e. The van der Waals surface area contributed by atoms with Gasteiger partial charge in [0, 0.05) is 16.5 Å². The molecule has 0 bridgehead atoms. The normalized spacial score (nSPS) is 11.1. The average molecular weight is 292 g/mol. The second-order valence-corrected chi connectivity index (χ2v) is 5.12. The molecule has 0 fully saturated rings. The molecule has 0 saturated carbocycles. The van der Waals surface area contributed by atoms with Gasteiger partial charge in [0.05, 0.1) is 0 Å². The minimum absolute atomic E-state index is 0.503. The summed E-state index contributed by atoms with van der Waals surface area (Å²) in [5.41, 5.74) is 4.54. The van der Waals surface area contributed by atoms with Crippen LogP contribution in [0.15, 0.2) is 40.8 Å². The van der Waals surface area contributed by atoms with Gasteiger partial charge in [-0.05, 0) is 42.3 Å². The number of alkyl halides is 1. The van der Waals surface area contributed by atoms with Gasteiger partial charge in [0.15, 0.2) is 5.58 Å². The van der Waals surface area contributed by atoms with Crippen molar-refractivity contribution in [1.82, 2.24) is 4.98 Å². The summed E-state index contributed by atoms with van der Waals surface area (Å²) in [5, 5.41) is 0.669. The molecule has 0 aliphatic carbocycles. The van der Waals surface area contributed by atoms with Crippen LogP contribution in [-0.2, 0) is 5.88 Å². The van der Waals surface area contributed by atoms with Crippen LogP contribution in [0.25, 0.3) is 22.6 Å². The Morgan fingerprint density at radius 1 is 1.16 bits per heavy atom. The highest BCUT2D eigenvalue weighted by Crippen LogP contribution is 2.29. The van der Waals surface area contributed by atoms with Crippen molar-refractivity contribution < 1.29 is 4.42 Å². The molecule has 0 amide bonds. The quantitative estimate of drug-likeness (QED) is 0.607. The van der Waals surface area contributed by atoms with Crippen LogP contribution in [0.5, 0.6) is 0 Å². The van der Waals surface area contributed by atoms with E-state index < -0.39 is 0 Å². The molecule has 2 nitrogen and oxygen atoms in total. The van der Waals surface area contributed by atoms with Crippen molar-refractivity contribution in [3.63, 3.8) is 0 Å². The first-order chi connectivity index (χ1) is 9.17. The molecule has 1 aromatic heterocycles. The number of hydrogen-bond donors (Lipinski definition) is 0. The summed E-state index contributed by atoms with van der Waals surface area (Å²) in [5.74, 6) is 1.10. The van der Waals surface area contributed by atoms with E-state index in [4.69, 9.17) is 27.6 Å². The Balaban J connectivity index is 2.12. The number of benzene rings is 2. The zero-order valence-electron chi connectivity index (χ0n) is 10.3. The van der Waals surface area contributed by atoms with Gasteiger partial charge in [-0.2, -0.15) is 0 Å². The molecule has 0 N–H and O–H groups in total. The molecule has 3 aromatic rings. The number of oxazole rings is 1. The lowest BCUT2D eigenvalue weighted by molar-refractivity contribution is 0.617. The highest BCUT2D eigenvalue weighted by atomic mass is 35.5. The van der Waals surface area contributed by atoms with E-state index in [1.807, 2.05) is 43.3 Å². The predicted molar refractivity (Wildman–Crippen MR) is 78.7 cm³/mol. The molecule has 96 valence electrons. The molecule has 0 radical (unpaired) electrons. The maximum atomic E-state index is 6.02. The number of aryl methyl sites for hydroxylation is 1. The maximum absolute atomic E-state index is 6.02. The summed E-state index contributed by atoms with van der Waals surface area (Å²) in [4.78, 5) is 4.48. The summed E-state index contributed by atoms with van der Waals surface area (Å²) in [7, 11) is 0. The fourth-order valence-electron chi connectivity index (χ4n) is 2.02. The van der Waals surface area contributed by atoms with Gasteiger partial charge in [0.2, 0.25) is 5.89 Å². The van der Waals surface area contributed by atoms with Crippen LogP contribution in [-0.4, -0.2) is 4.98 Å². The van der Waals surface area contributed by atoms with Gasteiger partial charge < -0.3 is 4.42 Å². The lowest BCUT2D eigenvalue weighted by Gasteiger charge is -1.97. The number of nitrogens with zero attached hydrogens (tertiary/aromatic N) is 1. The smallest absolute Gasteiger partial charge is 0.227 e. The fraction of sp³-hybridized carbons (Fsp3) is 0.133. The van der Waals surface area contributed by atoms with Crippen molar-refractivity contribution in [2.24, 2.45) is 0 Å². The Kier molecular flexibility index (Phi) is 3.21. The highest BCUT2D eigenvalue weighted by molar-refractivity contribution is 6.31. The molecular formula is C15H11Cl2NO. The van der Waals surface area contributed by atoms with Crippen molar-refractivity contribution >= 4 is 34.3 Å². The molecule has 4 heteroatoms. The fourth-order valence-corrected chi connectivity index (χ4v) is 2.46. The van der Waals surface area contributed by atoms with E-state index in [2.05, 4.69) is 4.98 Å². The molecular weight excluding hydrogens is 281 g/mol. The van der Waals surface area contributed by atoms with Crippen LogP contribution in [0, 0.1) is 6.92 Å². The molecule has 0 aliphatic rings. The first kappa shape index (κ1) is 12.5. The van der Waals surface area contributed by atoms with E-state index >= 15 is 0 Å². The van der Waals surface area contributed by atoms with Crippen molar-refractivity contribution in [3.05, 3.63) is 52.5 Å². The molecule has 1 heterocycles. The van der Waals surface area contributed by atoms with Gasteiger partial charge >= 0.3 is 0 Å². The summed E-state index contributed by atoms with van der Waals surface area (Å²) in [6, 6.07) is 11.5. The highest BCUT2D eigenvalue weighted by Gasteiger charge is 2.11. The summed E-state index contributed by atoms with van der Waals surface area (Å²) < 4.78 is 5.81. The van der Waals surface area contributed by atoms with E-state index in [9.17, 15) is 0 Å². The van der Waals surface area contributed by atoms with E-state index in [0.29, 0.717) is 16.8 Å². The van der Waals surface area contributed by atoms with Crippen LogP contribution in [0.1, 0.15) is 11.1 Å². The minimum atomic E-state index is 0.503. The van der Waals surface area contributed by atoms with Crippen LogP contribution >= 0.6 is 23.2 Å². The Hall–Kier alpha value is -1.51. The predicted octanol–water partition coefficient (Wildman–Crippen LogP) is 5.20. The zero-order valence-corrected chi connectivity index (χ0v) is 11.8. The van der Waals surface area contributed by atoms with Crippen molar-refractivity contribution in [1.29, 1.82) is 0 Å². The molecule has 0 spiro atoms. The van der Waals surface area contributed by atoms with Gasteiger partial charge in [-0.1, -0.05) is 23.7 Å². The van der Waals surface area contributed by atoms with Gasteiger partial charge in [-0.25, -0.2) is 4.98 Å². The third-order valence-corrected chi connectivity index (χ3v) is 3.52. The second-order valence-electron chi connectivity index (χ2n) is 4.42. The monoisotopic (exact) mass is 291 g/mol. The van der Waals surface area contributed by atoms with Crippen LogP contribution in [0.2, 0.25) is 5.02 Å². The Labute approximate surface area is 121 Å². The van der Waals surface area contributed by atoms with E-state index in [1.165, 1.54) is 0 Å². The van der Waals surface area contributed by atoms with E-state index in [-0.39, 0.29) is 0 Å². The molecule has 0 atom stereocenters. The van der Waals surface area contributed by atoms with E-state index in [0.717, 1.165) is 27.8 Å². The Bertz CT molecular complexity index is 732. The van der Waals surface area contributed by atoms with Gasteiger partial charge in [-0.15, -0.1) is 11.6 Å². The lowest BCUT2D eigenvalue weighted by Crippen LogP contribution is -1.80. The molecule has 19 heavy (non-hydrogen) atoms. The van der Waals surface area contributed by atoms with Gasteiger partial charge in [-0.3, -0.25) is 0 Å². The number of hydrogen-bond acceptors (Lipinski definition) is 2. The summed E-state index contributed by atoms with van der Waals surface area (Å²) in [6.07, 6.45) is 0. The summed E-state index contributed by atoms with van der Waals surface area (Å²) in [6.45, 7) is 1.96. The second kappa shape index (κ2) is 4.87. The number of fused-ring (bicyclic) bond motifs is 1. The zero-order chi connectivity index (χ0) is 13.4. The summed E-state index contributed by atoms with van der Waals surface area (Å²) >= 11 is 11.8. The first-order valence-corrected chi connectivity index (χ1v) is 6.80. The number of rotatable bonds is 2. The van der Waals surface area contributed by atoms with Crippen LogP contribution in [0.4, 0.5) is 0 Å². The van der Waals surface area contributed by atoms with Crippen LogP contribution < -0.4 is 0 Å². The largest absolute Gasteiger partial charge is 0.436 e. The van der Waals surface area contributed by atoms with Crippen molar-refractivity contribution in [3.8, 4) is 11.5 Å². The average Bonchev–Trinajstić information content (AvgIpc) is 2.83. The Morgan fingerprint density at radius 3 is 2.58 bits per heavy atom. The van der Waals surface area contributed by atoms with Gasteiger partial charge in [0.25, 0.3) is 0 Å². The van der Waals surface area contributed by atoms with Crippen LogP contribution in [0.3, 0.4) is 0 Å². The van der Waals surface area contributed by atoms with Crippen molar-refractivity contribution in [2.45, 2.75) is 12.8 Å².